The van der Waals surface area contributed by atoms with Crippen LogP contribution in [0.1, 0.15) is 22.3 Å². The number of rotatable bonds is 3. The summed E-state index contributed by atoms with van der Waals surface area (Å²) in [7, 11) is 0. The average Bonchev–Trinajstić information content (AvgIpc) is 2.15. The average molecular weight is 177 g/mol. The van der Waals surface area contributed by atoms with Crippen LogP contribution in [0.15, 0.2) is 24.3 Å². The van der Waals surface area contributed by atoms with Crippen LogP contribution in [0, 0.1) is 13.8 Å². The predicted molar refractivity (Wildman–Crippen MR) is 51.4 cm³/mol. The summed E-state index contributed by atoms with van der Waals surface area (Å²) in [4.78, 5) is 11.3. The Morgan fingerprint density at radius 2 is 2.00 bits per heavy atom. The predicted octanol–water partition coefficient (Wildman–Crippen LogP) is 2.38. The monoisotopic (exact) mass is 177 g/mol. The molecule has 0 aromatic heterocycles. The van der Waals surface area contributed by atoms with Crippen molar-refractivity contribution in [3.05, 3.63) is 42.3 Å². The molecule has 0 atom stereocenters. The highest BCUT2D eigenvalue weighted by atomic mass is 16.5. The normalized spacial score (nSPS) is 9.69. The van der Waals surface area contributed by atoms with Gasteiger partial charge in [-0.15, -0.1) is 0 Å². The van der Waals surface area contributed by atoms with Crippen molar-refractivity contribution < 1.29 is 9.53 Å². The number of carbonyl (C=O) groups is 1. The van der Waals surface area contributed by atoms with E-state index in [1.165, 1.54) is 0 Å². The Labute approximate surface area is 78.5 Å². The number of ether oxygens (including phenoxy) is 1. The summed E-state index contributed by atoms with van der Waals surface area (Å²) in [6.07, 6.45) is 0.609. The van der Waals surface area contributed by atoms with Crippen molar-refractivity contribution in [3.8, 4) is 0 Å². The van der Waals surface area contributed by atoms with E-state index in [2.05, 4.69) is 6.92 Å². The van der Waals surface area contributed by atoms with Crippen LogP contribution in [-0.2, 0) is 4.74 Å². The maximum Gasteiger partial charge on any atom is 0.338 e. The molecule has 0 aliphatic rings. The summed E-state index contributed by atoms with van der Waals surface area (Å²) in [6, 6.07) is 7.31. The van der Waals surface area contributed by atoms with E-state index < -0.39 is 0 Å². The van der Waals surface area contributed by atoms with E-state index in [1.54, 1.807) is 12.1 Å². The maximum atomic E-state index is 11.3. The van der Waals surface area contributed by atoms with Gasteiger partial charge < -0.3 is 4.74 Å². The Bertz CT molecular complexity index is 275. The Morgan fingerprint density at radius 3 is 2.54 bits per heavy atom. The lowest BCUT2D eigenvalue weighted by Crippen LogP contribution is -2.05. The van der Waals surface area contributed by atoms with Gasteiger partial charge in [0, 0.05) is 0 Å². The van der Waals surface area contributed by atoms with Crippen LogP contribution < -0.4 is 0 Å². The number of hydrogen-bond acceptors (Lipinski definition) is 2. The van der Waals surface area contributed by atoms with Crippen LogP contribution >= 0.6 is 0 Å². The SMILES string of the molecule is [CH2]CCOC(=O)c1ccc(C)cc1. The standard InChI is InChI=1S/C11H13O2/c1-3-8-13-11(12)10-6-4-9(2)5-7-10/h4-7H,1,3,8H2,2H3. The lowest BCUT2D eigenvalue weighted by atomic mass is 10.1. The van der Waals surface area contributed by atoms with Gasteiger partial charge in [-0.05, 0) is 32.4 Å². The highest BCUT2D eigenvalue weighted by Crippen LogP contribution is 2.04. The first-order chi connectivity index (χ1) is 6.24. The molecule has 0 saturated heterocycles. The molecule has 69 valence electrons. The van der Waals surface area contributed by atoms with Gasteiger partial charge in [-0.1, -0.05) is 17.7 Å². The summed E-state index contributed by atoms with van der Waals surface area (Å²) in [5, 5.41) is 0. The van der Waals surface area contributed by atoms with Crippen molar-refractivity contribution in [1.82, 2.24) is 0 Å². The van der Waals surface area contributed by atoms with Crippen molar-refractivity contribution in [1.29, 1.82) is 0 Å². The summed E-state index contributed by atoms with van der Waals surface area (Å²) in [5.74, 6) is -0.274. The van der Waals surface area contributed by atoms with E-state index in [9.17, 15) is 4.79 Å². The fraction of sp³-hybridized carbons (Fsp3) is 0.273. The molecule has 1 aromatic rings. The lowest BCUT2D eigenvalue weighted by molar-refractivity contribution is 0.0511. The van der Waals surface area contributed by atoms with Crippen molar-refractivity contribution in [3.63, 3.8) is 0 Å². The number of benzene rings is 1. The quantitative estimate of drug-likeness (QED) is 0.662. The smallest absolute Gasteiger partial charge is 0.338 e. The molecule has 0 unspecified atom stereocenters. The minimum absolute atomic E-state index is 0.274. The van der Waals surface area contributed by atoms with Crippen LogP contribution in [0.25, 0.3) is 0 Å². The molecule has 0 saturated carbocycles. The van der Waals surface area contributed by atoms with Crippen LogP contribution in [-0.4, -0.2) is 12.6 Å². The van der Waals surface area contributed by atoms with Crippen molar-refractivity contribution >= 4 is 5.97 Å². The van der Waals surface area contributed by atoms with Gasteiger partial charge in [-0.3, -0.25) is 0 Å². The zero-order valence-corrected chi connectivity index (χ0v) is 7.75. The Kier molecular flexibility index (Phi) is 3.50. The molecule has 1 aromatic carbocycles. The number of carbonyl (C=O) groups excluding carboxylic acids is 1. The van der Waals surface area contributed by atoms with Crippen molar-refractivity contribution in [2.75, 3.05) is 6.61 Å². The van der Waals surface area contributed by atoms with E-state index in [4.69, 9.17) is 4.74 Å². The van der Waals surface area contributed by atoms with Gasteiger partial charge >= 0.3 is 5.97 Å². The molecule has 0 N–H and O–H groups in total. The molecule has 0 aliphatic carbocycles. The first-order valence-electron chi connectivity index (χ1n) is 4.27. The molecular weight excluding hydrogens is 164 g/mol. The molecule has 1 rings (SSSR count). The van der Waals surface area contributed by atoms with E-state index >= 15 is 0 Å². The number of esters is 1. The molecule has 1 radical (unpaired) electrons. The number of aryl methyl sites for hydroxylation is 1. The largest absolute Gasteiger partial charge is 0.462 e. The van der Waals surface area contributed by atoms with Crippen molar-refractivity contribution in [2.45, 2.75) is 13.3 Å². The minimum Gasteiger partial charge on any atom is -0.462 e. The van der Waals surface area contributed by atoms with E-state index in [-0.39, 0.29) is 5.97 Å². The molecular formula is C11H13O2. The molecule has 0 amide bonds. The third-order valence-electron chi connectivity index (χ3n) is 1.66. The second-order valence-corrected chi connectivity index (χ2v) is 2.86. The lowest BCUT2D eigenvalue weighted by Gasteiger charge is -2.02. The molecule has 0 spiro atoms. The fourth-order valence-corrected chi connectivity index (χ4v) is 0.938. The Hall–Kier alpha value is -1.31. The van der Waals surface area contributed by atoms with Gasteiger partial charge in [0.1, 0.15) is 0 Å². The molecule has 0 aliphatic heterocycles. The molecule has 2 nitrogen and oxygen atoms in total. The van der Waals surface area contributed by atoms with Crippen LogP contribution in [0.5, 0.6) is 0 Å². The molecule has 13 heavy (non-hydrogen) atoms. The van der Waals surface area contributed by atoms with Gasteiger partial charge in [-0.25, -0.2) is 4.79 Å². The topological polar surface area (TPSA) is 26.3 Å². The van der Waals surface area contributed by atoms with E-state index in [1.807, 2.05) is 19.1 Å². The van der Waals surface area contributed by atoms with E-state index in [0.29, 0.717) is 18.6 Å². The molecule has 0 heterocycles. The third kappa shape index (κ3) is 2.90. The third-order valence-corrected chi connectivity index (χ3v) is 1.66. The van der Waals surface area contributed by atoms with Gasteiger partial charge in [0.15, 0.2) is 0 Å². The minimum atomic E-state index is -0.274. The summed E-state index contributed by atoms with van der Waals surface area (Å²) in [6.45, 7) is 5.95. The van der Waals surface area contributed by atoms with Crippen molar-refractivity contribution in [2.24, 2.45) is 0 Å². The zero-order chi connectivity index (χ0) is 9.68. The zero-order valence-electron chi connectivity index (χ0n) is 7.75. The second-order valence-electron chi connectivity index (χ2n) is 2.86. The summed E-state index contributed by atoms with van der Waals surface area (Å²) < 4.78 is 4.92. The first kappa shape index (κ1) is 9.78. The maximum absolute atomic E-state index is 11.3. The van der Waals surface area contributed by atoms with Gasteiger partial charge in [0.2, 0.25) is 0 Å². The van der Waals surface area contributed by atoms with Crippen LogP contribution in [0.4, 0.5) is 0 Å². The highest BCUT2D eigenvalue weighted by Gasteiger charge is 2.04. The Morgan fingerprint density at radius 1 is 1.38 bits per heavy atom. The molecule has 0 fully saturated rings. The van der Waals surface area contributed by atoms with Gasteiger partial charge in [0.05, 0.1) is 12.2 Å². The summed E-state index contributed by atoms with van der Waals surface area (Å²) in [5.41, 5.74) is 1.73. The first-order valence-corrected chi connectivity index (χ1v) is 4.27. The fourth-order valence-electron chi connectivity index (χ4n) is 0.938. The molecule has 2 heteroatoms. The van der Waals surface area contributed by atoms with Crippen LogP contribution in [0.3, 0.4) is 0 Å². The summed E-state index contributed by atoms with van der Waals surface area (Å²) >= 11 is 0. The highest BCUT2D eigenvalue weighted by molar-refractivity contribution is 5.89. The number of hydrogen-bond donors (Lipinski definition) is 0. The second kappa shape index (κ2) is 4.65. The molecule has 0 bridgehead atoms. The van der Waals surface area contributed by atoms with Gasteiger partial charge in [0.25, 0.3) is 0 Å². The van der Waals surface area contributed by atoms with Gasteiger partial charge in [-0.2, -0.15) is 0 Å². The van der Waals surface area contributed by atoms with Crippen LogP contribution in [0.2, 0.25) is 0 Å². The van der Waals surface area contributed by atoms with E-state index in [0.717, 1.165) is 5.56 Å². The Balaban J connectivity index is 2.61.